The summed E-state index contributed by atoms with van der Waals surface area (Å²) in [5, 5.41) is 7.88. The highest BCUT2D eigenvalue weighted by Gasteiger charge is 2.12. The zero-order valence-corrected chi connectivity index (χ0v) is 11.8. The van der Waals surface area contributed by atoms with Crippen LogP contribution in [0.3, 0.4) is 0 Å². The van der Waals surface area contributed by atoms with Gasteiger partial charge < -0.3 is 5.32 Å². The standard InChI is InChI=1S/C15H20N2S/c1-3-12-5-6-14(17-10-12)9-15(16-4-2)13-7-8-18-11-13/h5-8,10-11,15-16H,3-4,9H2,1-2H3. The van der Waals surface area contributed by atoms with Crippen LogP contribution in [0.2, 0.25) is 0 Å². The lowest BCUT2D eigenvalue weighted by atomic mass is 10.0. The quantitative estimate of drug-likeness (QED) is 0.858. The lowest BCUT2D eigenvalue weighted by Gasteiger charge is -2.16. The number of hydrogen-bond donors (Lipinski definition) is 1. The van der Waals surface area contributed by atoms with Gasteiger partial charge in [0.05, 0.1) is 0 Å². The van der Waals surface area contributed by atoms with Gasteiger partial charge in [0.15, 0.2) is 0 Å². The lowest BCUT2D eigenvalue weighted by molar-refractivity contribution is 0.545. The molecule has 0 spiro atoms. The molecular formula is C15H20N2S. The predicted molar refractivity (Wildman–Crippen MR) is 78.1 cm³/mol. The summed E-state index contributed by atoms with van der Waals surface area (Å²) in [7, 11) is 0. The summed E-state index contributed by atoms with van der Waals surface area (Å²) < 4.78 is 0. The second-order valence-corrected chi connectivity index (χ2v) is 5.16. The second kappa shape index (κ2) is 6.66. The molecule has 2 aromatic rings. The molecule has 0 aromatic carbocycles. The van der Waals surface area contributed by atoms with Crippen LogP contribution in [0, 0.1) is 0 Å². The van der Waals surface area contributed by atoms with Gasteiger partial charge in [-0.2, -0.15) is 11.3 Å². The predicted octanol–water partition coefficient (Wildman–Crippen LogP) is 3.60. The zero-order valence-electron chi connectivity index (χ0n) is 11.0. The molecule has 96 valence electrons. The molecule has 0 aliphatic heterocycles. The highest BCUT2D eigenvalue weighted by Crippen LogP contribution is 2.20. The summed E-state index contributed by atoms with van der Waals surface area (Å²) in [5.41, 5.74) is 3.82. The molecule has 2 heterocycles. The molecule has 0 aliphatic rings. The third-order valence-corrected chi connectivity index (χ3v) is 3.81. The topological polar surface area (TPSA) is 24.9 Å². The van der Waals surface area contributed by atoms with Crippen LogP contribution in [0.4, 0.5) is 0 Å². The lowest BCUT2D eigenvalue weighted by Crippen LogP contribution is -2.22. The summed E-state index contributed by atoms with van der Waals surface area (Å²) in [5.74, 6) is 0. The number of pyridine rings is 1. The van der Waals surface area contributed by atoms with Crippen molar-refractivity contribution in [3.05, 3.63) is 52.0 Å². The molecule has 1 atom stereocenters. The summed E-state index contributed by atoms with van der Waals surface area (Å²) >= 11 is 1.75. The van der Waals surface area contributed by atoms with Gasteiger partial charge in [0, 0.05) is 24.4 Å². The smallest absolute Gasteiger partial charge is 0.0422 e. The van der Waals surface area contributed by atoms with Crippen molar-refractivity contribution in [2.45, 2.75) is 32.7 Å². The molecule has 0 saturated heterocycles. The van der Waals surface area contributed by atoms with Crippen LogP contribution in [0.1, 0.15) is 36.7 Å². The Bertz CT molecular complexity index is 448. The Hall–Kier alpha value is -1.19. The summed E-state index contributed by atoms with van der Waals surface area (Å²) in [6.45, 7) is 5.28. The molecular weight excluding hydrogens is 240 g/mol. The Labute approximate surface area is 113 Å². The first kappa shape index (κ1) is 13.2. The Kier molecular flexibility index (Phi) is 4.90. The van der Waals surface area contributed by atoms with Gasteiger partial charge in [-0.25, -0.2) is 0 Å². The van der Waals surface area contributed by atoms with Crippen molar-refractivity contribution in [2.75, 3.05) is 6.54 Å². The average molecular weight is 260 g/mol. The first-order valence-electron chi connectivity index (χ1n) is 6.52. The molecule has 0 aliphatic carbocycles. The normalized spacial score (nSPS) is 12.6. The molecule has 3 heteroatoms. The van der Waals surface area contributed by atoms with Gasteiger partial charge in [-0.05, 0) is 47.0 Å². The van der Waals surface area contributed by atoms with Crippen molar-refractivity contribution >= 4 is 11.3 Å². The number of hydrogen-bond acceptors (Lipinski definition) is 3. The molecule has 2 aromatic heterocycles. The zero-order chi connectivity index (χ0) is 12.8. The van der Waals surface area contributed by atoms with Crippen molar-refractivity contribution in [3.63, 3.8) is 0 Å². The van der Waals surface area contributed by atoms with Crippen LogP contribution in [-0.4, -0.2) is 11.5 Å². The van der Waals surface area contributed by atoms with Crippen LogP contribution in [-0.2, 0) is 12.8 Å². The van der Waals surface area contributed by atoms with Crippen molar-refractivity contribution in [1.29, 1.82) is 0 Å². The van der Waals surface area contributed by atoms with Crippen molar-refractivity contribution in [1.82, 2.24) is 10.3 Å². The van der Waals surface area contributed by atoms with Crippen LogP contribution in [0.15, 0.2) is 35.2 Å². The van der Waals surface area contributed by atoms with Crippen molar-refractivity contribution < 1.29 is 0 Å². The van der Waals surface area contributed by atoms with E-state index >= 15 is 0 Å². The maximum Gasteiger partial charge on any atom is 0.0422 e. The van der Waals surface area contributed by atoms with Crippen LogP contribution < -0.4 is 5.32 Å². The molecule has 2 rings (SSSR count). The van der Waals surface area contributed by atoms with Gasteiger partial charge in [0.2, 0.25) is 0 Å². The largest absolute Gasteiger partial charge is 0.310 e. The number of thiophene rings is 1. The minimum atomic E-state index is 0.376. The fraction of sp³-hybridized carbons (Fsp3) is 0.400. The fourth-order valence-electron chi connectivity index (χ4n) is 2.02. The van der Waals surface area contributed by atoms with Gasteiger partial charge in [0.1, 0.15) is 0 Å². The fourth-order valence-corrected chi connectivity index (χ4v) is 2.74. The van der Waals surface area contributed by atoms with E-state index in [1.165, 1.54) is 11.1 Å². The van der Waals surface area contributed by atoms with E-state index in [0.717, 1.165) is 25.1 Å². The van der Waals surface area contributed by atoms with E-state index in [0.29, 0.717) is 6.04 Å². The third kappa shape index (κ3) is 3.40. The summed E-state index contributed by atoms with van der Waals surface area (Å²) in [4.78, 5) is 4.54. The number of likely N-dealkylation sites (N-methyl/N-ethyl adjacent to an activating group) is 1. The van der Waals surface area contributed by atoms with Crippen molar-refractivity contribution in [2.24, 2.45) is 0 Å². The molecule has 1 unspecified atom stereocenters. The van der Waals surface area contributed by atoms with E-state index in [9.17, 15) is 0 Å². The van der Waals surface area contributed by atoms with E-state index in [4.69, 9.17) is 0 Å². The summed E-state index contributed by atoms with van der Waals surface area (Å²) in [6.07, 6.45) is 4.00. The van der Waals surface area contributed by atoms with Crippen LogP contribution in [0.5, 0.6) is 0 Å². The van der Waals surface area contributed by atoms with Crippen LogP contribution in [0.25, 0.3) is 0 Å². The molecule has 0 radical (unpaired) electrons. The van der Waals surface area contributed by atoms with E-state index in [2.05, 4.69) is 53.1 Å². The van der Waals surface area contributed by atoms with Gasteiger partial charge in [-0.15, -0.1) is 0 Å². The number of rotatable bonds is 6. The maximum atomic E-state index is 4.54. The van der Waals surface area contributed by atoms with Gasteiger partial charge >= 0.3 is 0 Å². The Morgan fingerprint density at radius 1 is 1.28 bits per heavy atom. The molecule has 18 heavy (non-hydrogen) atoms. The number of aryl methyl sites for hydroxylation is 1. The highest BCUT2D eigenvalue weighted by molar-refractivity contribution is 7.07. The molecule has 0 bridgehead atoms. The molecule has 0 fully saturated rings. The Morgan fingerprint density at radius 2 is 2.17 bits per heavy atom. The first-order chi connectivity index (χ1) is 8.83. The minimum absolute atomic E-state index is 0.376. The summed E-state index contributed by atoms with van der Waals surface area (Å²) in [6, 6.07) is 6.90. The van der Waals surface area contributed by atoms with E-state index < -0.39 is 0 Å². The monoisotopic (exact) mass is 260 g/mol. The second-order valence-electron chi connectivity index (χ2n) is 4.38. The molecule has 1 N–H and O–H groups in total. The maximum absolute atomic E-state index is 4.54. The minimum Gasteiger partial charge on any atom is -0.310 e. The highest BCUT2D eigenvalue weighted by atomic mass is 32.1. The van der Waals surface area contributed by atoms with Gasteiger partial charge in [0.25, 0.3) is 0 Å². The number of nitrogens with one attached hydrogen (secondary N) is 1. The average Bonchev–Trinajstić information content (AvgIpc) is 2.93. The molecule has 2 nitrogen and oxygen atoms in total. The van der Waals surface area contributed by atoms with Gasteiger partial charge in [-0.3, -0.25) is 4.98 Å². The van der Waals surface area contributed by atoms with E-state index in [1.807, 2.05) is 6.20 Å². The van der Waals surface area contributed by atoms with Crippen LogP contribution >= 0.6 is 11.3 Å². The first-order valence-corrected chi connectivity index (χ1v) is 7.47. The number of aromatic nitrogens is 1. The molecule has 0 amide bonds. The third-order valence-electron chi connectivity index (χ3n) is 3.10. The van der Waals surface area contributed by atoms with E-state index in [1.54, 1.807) is 11.3 Å². The Morgan fingerprint density at radius 3 is 2.72 bits per heavy atom. The SMILES string of the molecule is CCNC(Cc1ccc(CC)cn1)c1ccsc1. The Balaban J connectivity index is 2.08. The number of nitrogens with zero attached hydrogens (tertiary/aromatic N) is 1. The van der Waals surface area contributed by atoms with E-state index in [-0.39, 0.29) is 0 Å². The van der Waals surface area contributed by atoms with Gasteiger partial charge in [-0.1, -0.05) is 19.9 Å². The molecule has 0 saturated carbocycles. The van der Waals surface area contributed by atoms with Crippen molar-refractivity contribution in [3.8, 4) is 0 Å².